The molecule has 1 aliphatic heterocycles. The van der Waals surface area contributed by atoms with Crippen molar-refractivity contribution in [1.82, 2.24) is 0 Å². The zero-order valence-electron chi connectivity index (χ0n) is 24.7. The second-order valence-corrected chi connectivity index (χ2v) is 13.4. The number of thiol groups is 1. The number of fused-ring (bicyclic) bond motifs is 1. The van der Waals surface area contributed by atoms with E-state index < -0.39 is 46.8 Å². The van der Waals surface area contributed by atoms with E-state index in [1.165, 1.54) is 7.11 Å². The van der Waals surface area contributed by atoms with Crippen LogP contribution in [0.3, 0.4) is 0 Å². The highest BCUT2D eigenvalue weighted by molar-refractivity contribution is 7.59. The van der Waals surface area contributed by atoms with Gasteiger partial charge >= 0.3 is 12.4 Å². The molecule has 0 aliphatic carbocycles. The minimum absolute atomic E-state index is 0.00621. The number of carbonyl (C=O) groups is 2. The first-order valence-electron chi connectivity index (χ1n) is 14.0. The molecule has 1 aliphatic rings. The number of carbonyl (C=O) groups excluding carboxylic acids is 2. The molecule has 7 nitrogen and oxygen atoms in total. The molecule has 0 atom stereocenters. The van der Waals surface area contributed by atoms with Crippen LogP contribution >= 0.6 is 11.3 Å². The van der Waals surface area contributed by atoms with E-state index in [0.717, 1.165) is 29.8 Å². The second kappa shape index (κ2) is 12.9. The summed E-state index contributed by atoms with van der Waals surface area (Å²) in [4.78, 5) is 26.9. The summed E-state index contributed by atoms with van der Waals surface area (Å²) in [6.45, 7) is 1.28. The quantitative estimate of drug-likeness (QED) is 0.104. The molecule has 0 bridgehead atoms. The minimum atomic E-state index is -5.06. The van der Waals surface area contributed by atoms with E-state index in [0.29, 0.717) is 53.3 Å². The summed E-state index contributed by atoms with van der Waals surface area (Å²) in [6, 6.07) is 9.49. The van der Waals surface area contributed by atoms with E-state index >= 15 is 0 Å². The van der Waals surface area contributed by atoms with Gasteiger partial charge in [0, 0.05) is 28.6 Å². The Balaban J connectivity index is 1.52. The zero-order chi connectivity index (χ0) is 34.3. The first-order chi connectivity index (χ1) is 22.0. The maximum Gasteiger partial charge on any atom is 0.419 e. The highest BCUT2D eigenvalue weighted by atomic mass is 32.2. The lowest BCUT2D eigenvalue weighted by molar-refractivity contribution is -0.783. The smallest absolute Gasteiger partial charge is 0.419 e. The van der Waals surface area contributed by atoms with Gasteiger partial charge in [0.15, 0.2) is 11.9 Å². The Morgan fingerprint density at radius 1 is 0.915 bits per heavy atom. The van der Waals surface area contributed by atoms with Gasteiger partial charge in [0.25, 0.3) is 11.8 Å². The number of anilines is 2. The number of methoxy groups -OCH3 is 1. The lowest BCUT2D eigenvalue weighted by Crippen LogP contribution is -2.45. The Labute approximate surface area is 271 Å². The van der Waals surface area contributed by atoms with Crippen LogP contribution in [0.5, 0.6) is 5.75 Å². The van der Waals surface area contributed by atoms with Gasteiger partial charge in [-0.25, -0.2) is 12.5 Å². The van der Waals surface area contributed by atoms with Gasteiger partial charge in [-0.15, -0.1) is 11.3 Å². The van der Waals surface area contributed by atoms with Crippen LogP contribution in [0.2, 0.25) is 0 Å². The number of hydrogen-bond donors (Lipinski definition) is 3. The molecule has 16 heteroatoms. The summed E-state index contributed by atoms with van der Waals surface area (Å²) >= 11 is 0.593. The molecule has 250 valence electrons. The van der Waals surface area contributed by atoms with Crippen molar-refractivity contribution in [3.8, 4) is 5.75 Å². The number of likely N-dealkylation sites (tertiary alicyclic amines) is 1. The van der Waals surface area contributed by atoms with Crippen LogP contribution in [0.15, 0.2) is 54.6 Å². The predicted molar refractivity (Wildman–Crippen MR) is 165 cm³/mol. The largest absolute Gasteiger partial charge is 0.496 e. The van der Waals surface area contributed by atoms with E-state index in [4.69, 9.17) is 4.74 Å². The lowest BCUT2D eigenvalue weighted by Gasteiger charge is -2.35. The Morgan fingerprint density at radius 2 is 1.62 bits per heavy atom. The number of piperidine rings is 1. The third-order valence-corrected chi connectivity index (χ3v) is 9.99. The number of nitrogens with zero attached hydrogens (tertiary/aromatic N) is 1. The standard InChI is InChI=1S/C31H26F7N3O4S2/c1-41(47-44)11-9-16(10-12-41)17-3-8-24(45-2)21(13-17)28(42)40-26-20-6-4-18(30(33,34)35)14-25(20)46-27(26)29(43)39-19-5-7-23(32)22(15-19)31(36,37)38/h3-8,13-16,47H,9-12H2,1-2H3,(H-,39,40,42,43)/p+1. The molecule has 2 amide bonds. The molecule has 0 radical (unpaired) electrons. The number of alkyl halides is 6. The fourth-order valence-corrected chi connectivity index (χ4v) is 6.93. The number of amides is 2. The van der Waals surface area contributed by atoms with Crippen molar-refractivity contribution in [2.75, 3.05) is 37.9 Å². The average molecular weight is 703 g/mol. The fourth-order valence-electron chi connectivity index (χ4n) is 5.44. The minimum Gasteiger partial charge on any atom is -0.496 e. The number of quaternary nitrogens is 1. The third kappa shape index (κ3) is 7.28. The molecule has 0 unspecified atom stereocenters. The van der Waals surface area contributed by atoms with Crippen LogP contribution in [-0.2, 0) is 24.2 Å². The molecule has 47 heavy (non-hydrogen) atoms. The molecule has 0 spiro atoms. The molecule has 1 aromatic heterocycles. The molecule has 2 N–H and O–H groups in total. The molecule has 3 aromatic carbocycles. The van der Waals surface area contributed by atoms with E-state index in [9.17, 15) is 44.5 Å². The Hall–Kier alpha value is -4.02. The van der Waals surface area contributed by atoms with Gasteiger partial charge in [-0.05, 0) is 53.9 Å². The normalized spacial score (nSPS) is 18.6. The van der Waals surface area contributed by atoms with Crippen molar-refractivity contribution in [3.63, 3.8) is 0 Å². The third-order valence-electron chi connectivity index (χ3n) is 8.05. The first kappa shape index (κ1) is 34.3. The fraction of sp³-hybridized carbons (Fsp3) is 0.290. The molecule has 5 rings (SSSR count). The number of halogens is 7. The van der Waals surface area contributed by atoms with E-state index in [-0.39, 0.29) is 49.7 Å². The molecule has 2 heterocycles. The topological polar surface area (TPSA) is 84.5 Å². The summed E-state index contributed by atoms with van der Waals surface area (Å²) in [5.74, 6) is -3.14. The highest BCUT2D eigenvalue weighted by Gasteiger charge is 2.35. The van der Waals surface area contributed by atoms with Crippen molar-refractivity contribution < 1.29 is 53.2 Å². The van der Waals surface area contributed by atoms with Gasteiger partial charge in [-0.3, -0.25) is 9.59 Å². The van der Waals surface area contributed by atoms with Crippen LogP contribution < -0.4 is 15.4 Å². The molecule has 4 aromatic rings. The Kier molecular flexibility index (Phi) is 9.41. The van der Waals surface area contributed by atoms with Crippen molar-refractivity contribution in [3.05, 3.63) is 87.5 Å². The highest BCUT2D eigenvalue weighted by Crippen LogP contribution is 2.41. The number of thiophene rings is 1. The molecule has 1 fully saturated rings. The second-order valence-electron chi connectivity index (χ2n) is 11.2. The Morgan fingerprint density at radius 3 is 2.23 bits per heavy atom. The van der Waals surface area contributed by atoms with Crippen LogP contribution in [0.4, 0.5) is 42.1 Å². The molecular weight excluding hydrogens is 675 g/mol. The zero-order valence-corrected chi connectivity index (χ0v) is 26.4. The summed E-state index contributed by atoms with van der Waals surface area (Å²) in [7, 11) is 3.22. The van der Waals surface area contributed by atoms with Gasteiger partial charge in [0.2, 0.25) is 0 Å². The first-order valence-corrected chi connectivity index (χ1v) is 15.6. The van der Waals surface area contributed by atoms with E-state index in [1.54, 1.807) is 18.2 Å². The SMILES string of the molecule is COc1ccc(C2CC[N+](C)([SH]=O)CC2)cc1C(=O)Nc1c(C(=O)Nc2ccc(F)c(C(F)(F)F)c2)sc2cc(C(F)(F)F)ccc12. The molecular formula is C31H27F7N3O4S2+. The van der Waals surface area contributed by atoms with E-state index in [2.05, 4.69) is 10.6 Å². The number of hydrogen-bond acceptors (Lipinski definition) is 5. The van der Waals surface area contributed by atoms with Gasteiger partial charge < -0.3 is 15.4 Å². The number of benzene rings is 3. The van der Waals surface area contributed by atoms with Gasteiger partial charge in [-0.1, -0.05) is 12.1 Å². The molecule has 0 saturated carbocycles. The average Bonchev–Trinajstić information content (AvgIpc) is 3.38. The summed E-state index contributed by atoms with van der Waals surface area (Å²) in [6.07, 6.45) is -8.39. The van der Waals surface area contributed by atoms with Crippen molar-refractivity contribution >= 4 is 56.5 Å². The van der Waals surface area contributed by atoms with Gasteiger partial charge in [0.05, 0.1) is 49.6 Å². The molecule has 1 saturated heterocycles. The van der Waals surface area contributed by atoms with Crippen molar-refractivity contribution in [1.29, 1.82) is 0 Å². The van der Waals surface area contributed by atoms with Crippen LogP contribution in [-0.4, -0.2) is 47.2 Å². The van der Waals surface area contributed by atoms with Gasteiger partial charge in [-0.2, -0.15) is 26.3 Å². The summed E-state index contributed by atoms with van der Waals surface area (Å²) in [5.41, 5.74) is -2.37. The van der Waals surface area contributed by atoms with Crippen LogP contribution in [0.1, 0.15) is 55.5 Å². The Bertz CT molecular complexity index is 1870. The maximum atomic E-state index is 13.8. The van der Waals surface area contributed by atoms with Crippen molar-refractivity contribution in [2.45, 2.75) is 31.1 Å². The number of ether oxygens (including phenoxy) is 1. The summed E-state index contributed by atoms with van der Waals surface area (Å²) in [5, 5.41) is 4.91. The van der Waals surface area contributed by atoms with Crippen LogP contribution in [0, 0.1) is 5.82 Å². The maximum absolute atomic E-state index is 13.8. The number of nitrogens with one attached hydrogen (secondary N) is 2. The van der Waals surface area contributed by atoms with E-state index in [1.807, 2.05) is 7.05 Å². The van der Waals surface area contributed by atoms with Crippen molar-refractivity contribution in [2.24, 2.45) is 0 Å². The van der Waals surface area contributed by atoms with Crippen LogP contribution in [0.25, 0.3) is 10.1 Å². The monoisotopic (exact) mass is 702 g/mol. The lowest BCUT2D eigenvalue weighted by atomic mass is 9.88. The number of rotatable bonds is 7. The predicted octanol–water partition coefficient (Wildman–Crippen LogP) is 7.78. The summed E-state index contributed by atoms with van der Waals surface area (Å²) < 4.78 is 111. The van der Waals surface area contributed by atoms with Gasteiger partial charge in [0.1, 0.15) is 16.4 Å².